The number of thiophene rings is 1. The van der Waals surface area contributed by atoms with Gasteiger partial charge in [0, 0.05) is 37.0 Å². The number of primary amides is 1. The van der Waals surface area contributed by atoms with E-state index in [0.717, 1.165) is 10.4 Å². The summed E-state index contributed by atoms with van der Waals surface area (Å²) in [5.74, 6) is -1.20. The maximum atomic E-state index is 12.8. The minimum absolute atomic E-state index is 0.0626. The Labute approximate surface area is 195 Å². The summed E-state index contributed by atoms with van der Waals surface area (Å²) in [6.45, 7) is 3.58. The summed E-state index contributed by atoms with van der Waals surface area (Å²) in [4.78, 5) is 39.2. The first kappa shape index (κ1) is 23.4. The Bertz CT molecular complexity index is 1200. The number of hydrogen-bond acceptors (Lipinski definition) is 7. The first-order valence-corrected chi connectivity index (χ1v) is 12.6. The number of nitrogens with two attached hydrogens (primary N) is 1. The molecule has 1 aromatic heterocycles. The highest BCUT2D eigenvalue weighted by atomic mass is 32.2. The number of nitrogens with zero attached hydrogens (tertiary/aromatic N) is 2. The Hall–Kier alpha value is -2.80. The number of rotatable bonds is 5. The summed E-state index contributed by atoms with van der Waals surface area (Å²) >= 11 is 1.22. The van der Waals surface area contributed by atoms with Gasteiger partial charge in [-0.05, 0) is 36.2 Å². The summed E-state index contributed by atoms with van der Waals surface area (Å²) in [6.07, 6.45) is 0.480. The quantitative estimate of drug-likeness (QED) is 0.639. The van der Waals surface area contributed by atoms with Gasteiger partial charge < -0.3 is 20.7 Å². The lowest BCUT2D eigenvalue weighted by Crippen LogP contribution is -2.40. The molecule has 4 rings (SSSR count). The van der Waals surface area contributed by atoms with Crippen molar-refractivity contribution in [3.63, 3.8) is 0 Å². The van der Waals surface area contributed by atoms with Crippen molar-refractivity contribution in [2.24, 2.45) is 5.73 Å². The molecule has 3 N–H and O–H groups in total. The van der Waals surface area contributed by atoms with Gasteiger partial charge in [-0.2, -0.15) is 4.31 Å². The van der Waals surface area contributed by atoms with Gasteiger partial charge >= 0.3 is 0 Å². The minimum atomic E-state index is -3.67. The molecule has 0 atom stereocenters. The number of carbonyl (C=O) groups is 3. The largest absolute Gasteiger partial charge is 0.379 e. The second kappa shape index (κ2) is 9.21. The molecular formula is C21H24N4O6S2. The number of anilines is 1. The van der Waals surface area contributed by atoms with Gasteiger partial charge in [0.1, 0.15) is 5.00 Å². The van der Waals surface area contributed by atoms with Crippen molar-refractivity contribution >= 4 is 44.1 Å². The lowest BCUT2D eigenvalue weighted by atomic mass is 10.0. The number of amides is 3. The van der Waals surface area contributed by atoms with Crippen molar-refractivity contribution < 1.29 is 27.5 Å². The first-order chi connectivity index (χ1) is 15.7. The number of carbonyl (C=O) groups excluding carboxylic acids is 3. The highest BCUT2D eigenvalue weighted by Gasteiger charge is 2.29. The van der Waals surface area contributed by atoms with Crippen LogP contribution in [0, 0.1) is 0 Å². The molecule has 12 heteroatoms. The van der Waals surface area contributed by atoms with Gasteiger partial charge in [0.15, 0.2) is 0 Å². The highest BCUT2D eigenvalue weighted by Crippen LogP contribution is 2.37. The number of morpholine rings is 1. The molecule has 3 amide bonds. The predicted molar refractivity (Wildman–Crippen MR) is 122 cm³/mol. The minimum Gasteiger partial charge on any atom is -0.379 e. The van der Waals surface area contributed by atoms with E-state index in [2.05, 4.69) is 5.32 Å². The molecule has 2 aliphatic rings. The van der Waals surface area contributed by atoms with Crippen LogP contribution >= 0.6 is 11.3 Å². The molecule has 0 saturated carbocycles. The Kier molecular flexibility index (Phi) is 6.52. The Morgan fingerprint density at radius 1 is 1.09 bits per heavy atom. The van der Waals surface area contributed by atoms with Crippen LogP contribution in [0.1, 0.15) is 38.1 Å². The van der Waals surface area contributed by atoms with Crippen molar-refractivity contribution in [1.82, 2.24) is 9.21 Å². The number of ether oxygens (including phenoxy) is 1. The predicted octanol–water partition coefficient (Wildman–Crippen LogP) is 1.02. The summed E-state index contributed by atoms with van der Waals surface area (Å²) in [5.41, 5.74) is 6.84. The SMILES string of the molecule is CC(=O)N1CCc2c(sc(NC(=O)c3ccc(S(=O)(=O)N4CCOCC4)cc3)c2C(N)=O)C1. The number of benzene rings is 1. The van der Waals surface area contributed by atoms with Crippen LogP contribution in [0.25, 0.3) is 0 Å². The molecular weight excluding hydrogens is 468 g/mol. The average Bonchev–Trinajstić information content (AvgIpc) is 3.16. The molecule has 10 nitrogen and oxygen atoms in total. The molecule has 176 valence electrons. The molecule has 0 unspecified atom stereocenters. The van der Waals surface area contributed by atoms with Crippen LogP contribution in [0.3, 0.4) is 0 Å². The molecule has 1 saturated heterocycles. The molecule has 0 spiro atoms. The van der Waals surface area contributed by atoms with Gasteiger partial charge in [0.25, 0.3) is 11.8 Å². The van der Waals surface area contributed by atoms with Crippen molar-refractivity contribution in [2.75, 3.05) is 38.2 Å². The van der Waals surface area contributed by atoms with Crippen LogP contribution in [-0.4, -0.2) is 68.2 Å². The van der Waals surface area contributed by atoms with Gasteiger partial charge in [-0.3, -0.25) is 14.4 Å². The van der Waals surface area contributed by atoms with Crippen LogP contribution in [-0.2, 0) is 32.5 Å². The third-order valence-corrected chi connectivity index (χ3v) is 8.75. The standard InChI is InChI=1S/C21H24N4O6S2/c1-13(26)24-7-6-16-17(12-24)32-21(18(16)19(22)27)23-20(28)14-2-4-15(5-3-14)33(29,30)25-8-10-31-11-9-25/h2-5H,6-12H2,1H3,(H2,22,27)(H,23,28). The monoisotopic (exact) mass is 492 g/mol. The number of fused-ring (bicyclic) bond motifs is 1. The van der Waals surface area contributed by atoms with E-state index in [0.29, 0.717) is 37.7 Å². The van der Waals surface area contributed by atoms with E-state index < -0.39 is 21.8 Å². The topological polar surface area (TPSA) is 139 Å². The van der Waals surface area contributed by atoms with E-state index in [1.165, 1.54) is 46.8 Å². The van der Waals surface area contributed by atoms with E-state index in [1.807, 2.05) is 0 Å². The van der Waals surface area contributed by atoms with Gasteiger partial charge in [-0.15, -0.1) is 11.3 Å². The molecule has 3 heterocycles. The molecule has 0 radical (unpaired) electrons. The molecule has 0 bridgehead atoms. The Morgan fingerprint density at radius 2 is 1.76 bits per heavy atom. The summed E-state index contributed by atoms with van der Waals surface area (Å²) in [7, 11) is -3.67. The van der Waals surface area contributed by atoms with Crippen LogP contribution in [0.2, 0.25) is 0 Å². The van der Waals surface area contributed by atoms with E-state index in [-0.39, 0.29) is 35.0 Å². The smallest absolute Gasteiger partial charge is 0.256 e. The van der Waals surface area contributed by atoms with Gasteiger partial charge in [0.2, 0.25) is 15.9 Å². The Balaban J connectivity index is 1.54. The maximum absolute atomic E-state index is 12.8. The van der Waals surface area contributed by atoms with Gasteiger partial charge in [-0.25, -0.2) is 8.42 Å². The molecule has 1 aromatic carbocycles. The second-order valence-corrected chi connectivity index (χ2v) is 10.8. The summed E-state index contributed by atoms with van der Waals surface area (Å²) < 4.78 is 32.1. The molecule has 33 heavy (non-hydrogen) atoms. The third-order valence-electron chi connectivity index (χ3n) is 5.70. The normalized spacial score (nSPS) is 16.8. The van der Waals surface area contributed by atoms with E-state index in [4.69, 9.17) is 10.5 Å². The fourth-order valence-electron chi connectivity index (χ4n) is 3.91. The molecule has 2 aliphatic heterocycles. The molecule has 0 aliphatic carbocycles. The van der Waals surface area contributed by atoms with Gasteiger partial charge in [0.05, 0.1) is 30.2 Å². The molecule has 2 aromatic rings. The number of sulfonamides is 1. The first-order valence-electron chi connectivity index (χ1n) is 10.4. The zero-order valence-corrected chi connectivity index (χ0v) is 19.6. The lowest BCUT2D eigenvalue weighted by molar-refractivity contribution is -0.129. The van der Waals surface area contributed by atoms with Crippen molar-refractivity contribution in [2.45, 2.75) is 24.8 Å². The zero-order valence-electron chi connectivity index (χ0n) is 18.0. The number of nitrogens with one attached hydrogen (secondary N) is 1. The number of hydrogen-bond donors (Lipinski definition) is 2. The van der Waals surface area contributed by atoms with Crippen LogP contribution in [0.4, 0.5) is 5.00 Å². The van der Waals surface area contributed by atoms with Crippen LogP contribution in [0.15, 0.2) is 29.2 Å². The van der Waals surface area contributed by atoms with Crippen molar-refractivity contribution in [3.05, 3.63) is 45.8 Å². The van der Waals surface area contributed by atoms with Crippen LogP contribution < -0.4 is 11.1 Å². The summed E-state index contributed by atoms with van der Waals surface area (Å²) in [6, 6.07) is 5.63. The van der Waals surface area contributed by atoms with E-state index >= 15 is 0 Å². The van der Waals surface area contributed by atoms with E-state index in [1.54, 1.807) is 4.90 Å². The maximum Gasteiger partial charge on any atom is 0.256 e. The summed E-state index contributed by atoms with van der Waals surface area (Å²) in [5, 5.41) is 3.06. The Morgan fingerprint density at radius 3 is 2.36 bits per heavy atom. The second-order valence-electron chi connectivity index (χ2n) is 7.76. The highest BCUT2D eigenvalue weighted by molar-refractivity contribution is 7.89. The van der Waals surface area contributed by atoms with E-state index in [9.17, 15) is 22.8 Å². The van der Waals surface area contributed by atoms with Crippen molar-refractivity contribution in [1.29, 1.82) is 0 Å². The zero-order chi connectivity index (χ0) is 23.8. The fraction of sp³-hybridized carbons (Fsp3) is 0.381. The molecule has 1 fully saturated rings. The van der Waals surface area contributed by atoms with Crippen molar-refractivity contribution in [3.8, 4) is 0 Å². The van der Waals surface area contributed by atoms with Gasteiger partial charge in [-0.1, -0.05) is 0 Å². The van der Waals surface area contributed by atoms with Crippen LogP contribution in [0.5, 0.6) is 0 Å². The average molecular weight is 493 g/mol. The third kappa shape index (κ3) is 4.64. The lowest BCUT2D eigenvalue weighted by Gasteiger charge is -2.26. The fourth-order valence-corrected chi connectivity index (χ4v) is 6.58.